The summed E-state index contributed by atoms with van der Waals surface area (Å²) in [7, 11) is 0. The molecule has 1 nitrogen and oxygen atoms in total. The van der Waals surface area contributed by atoms with Gasteiger partial charge >= 0.3 is 0 Å². The molecule has 2 aliphatic rings. The molecule has 1 spiro atoms. The molecule has 0 atom stereocenters. The van der Waals surface area contributed by atoms with Crippen LogP contribution in [-0.2, 0) is 5.41 Å². The van der Waals surface area contributed by atoms with E-state index < -0.39 is 0 Å². The van der Waals surface area contributed by atoms with Crippen molar-refractivity contribution in [3.8, 4) is 28.0 Å². The largest absolute Gasteiger partial charge is 0.507 e. The zero-order valence-corrected chi connectivity index (χ0v) is 22.2. The van der Waals surface area contributed by atoms with E-state index in [1.807, 2.05) is 0 Å². The minimum Gasteiger partial charge on any atom is -0.507 e. The van der Waals surface area contributed by atoms with Gasteiger partial charge in [-0.05, 0) is 93.3 Å². The smallest absolute Gasteiger partial charge is 0.123 e. The lowest BCUT2D eigenvalue weighted by Crippen LogP contribution is -2.43. The molecule has 35 heavy (non-hydrogen) atoms. The Morgan fingerprint density at radius 1 is 0.686 bits per heavy atom. The summed E-state index contributed by atoms with van der Waals surface area (Å²) in [4.78, 5) is 1.25. The number of aromatic hydroxyl groups is 1. The van der Waals surface area contributed by atoms with Crippen LogP contribution in [0.1, 0.15) is 58.1 Å². The minimum atomic E-state index is -0.0690. The summed E-state index contributed by atoms with van der Waals surface area (Å²) < 4.78 is 0. The summed E-state index contributed by atoms with van der Waals surface area (Å²) in [6.45, 7) is 9.70. The summed E-state index contributed by atoms with van der Waals surface area (Å²) in [6, 6.07) is 26.2. The molecule has 0 heterocycles. The molecule has 0 unspecified atom stereocenters. The predicted octanol–water partition coefficient (Wildman–Crippen LogP) is 9.44. The molecule has 1 N–H and O–H groups in total. The van der Waals surface area contributed by atoms with Crippen LogP contribution in [0.3, 0.4) is 0 Å². The van der Waals surface area contributed by atoms with Gasteiger partial charge in [0.1, 0.15) is 5.75 Å². The van der Waals surface area contributed by atoms with Crippen LogP contribution in [0.5, 0.6) is 5.75 Å². The van der Waals surface area contributed by atoms with Crippen molar-refractivity contribution in [3.05, 3.63) is 83.9 Å². The van der Waals surface area contributed by atoms with Gasteiger partial charge in [-0.2, -0.15) is 0 Å². The van der Waals surface area contributed by atoms with Gasteiger partial charge in [0.25, 0.3) is 0 Å². The van der Waals surface area contributed by atoms with Crippen LogP contribution in [0.15, 0.2) is 77.7 Å². The molecule has 2 aliphatic carbocycles. The Morgan fingerprint density at radius 2 is 1.34 bits per heavy atom. The zero-order chi connectivity index (χ0) is 24.6. The molecule has 1 fully saturated rings. The normalized spacial score (nSPS) is 19.0. The number of hydrogen-bond donors (Lipinski definition) is 1. The van der Waals surface area contributed by atoms with Gasteiger partial charge in [0.05, 0.1) is 0 Å². The first kappa shape index (κ1) is 22.7. The molecule has 0 amide bonds. The summed E-state index contributed by atoms with van der Waals surface area (Å²) >= 11 is 1.78. The molecular weight excluding hydrogens is 444 g/mol. The van der Waals surface area contributed by atoms with Gasteiger partial charge in [-0.1, -0.05) is 82.3 Å². The Morgan fingerprint density at radius 3 is 2.03 bits per heavy atom. The van der Waals surface area contributed by atoms with E-state index >= 15 is 0 Å². The Labute approximate surface area is 213 Å². The first-order chi connectivity index (χ1) is 16.6. The lowest BCUT2D eigenvalue weighted by atomic mass is 9.52. The van der Waals surface area contributed by atoms with E-state index in [9.17, 15) is 5.11 Å². The highest BCUT2D eigenvalue weighted by Crippen LogP contribution is 2.64. The summed E-state index contributed by atoms with van der Waals surface area (Å²) in [6.07, 6.45) is 5.58. The molecule has 0 saturated heterocycles. The van der Waals surface area contributed by atoms with Crippen LogP contribution < -0.4 is 0 Å². The lowest BCUT2D eigenvalue weighted by Gasteiger charge is -2.51. The number of thioether (sulfide) groups is 1. The summed E-state index contributed by atoms with van der Waals surface area (Å²) in [5.74, 6) is 0.400. The standard InChI is InChI=1S/C33H34OS/c1-31(2)18-32(3,4)20-33(19-31)26-14-10-9-13-22(26)30-25-16-29(35-5)23(21-11-7-6-8-12-21)15-24(25)28(34)17-27(30)33/h6-17,34H,18-20H2,1-5H3. The average molecular weight is 479 g/mol. The topological polar surface area (TPSA) is 20.2 Å². The van der Waals surface area contributed by atoms with Gasteiger partial charge in [0, 0.05) is 15.7 Å². The number of phenols is 1. The zero-order valence-electron chi connectivity index (χ0n) is 21.4. The molecule has 0 bridgehead atoms. The molecule has 0 aliphatic heterocycles. The van der Waals surface area contributed by atoms with Crippen LogP contribution >= 0.6 is 11.8 Å². The van der Waals surface area contributed by atoms with Crippen molar-refractivity contribution in [3.63, 3.8) is 0 Å². The average Bonchev–Trinajstić information content (AvgIpc) is 3.05. The van der Waals surface area contributed by atoms with Crippen LogP contribution in [0.25, 0.3) is 33.0 Å². The maximum Gasteiger partial charge on any atom is 0.123 e. The Kier molecular flexibility index (Phi) is 4.96. The fourth-order valence-electron chi connectivity index (χ4n) is 7.87. The molecule has 4 aromatic rings. The second-order valence-electron chi connectivity index (χ2n) is 12.3. The maximum absolute atomic E-state index is 11.5. The Hall–Kier alpha value is -2.71. The Balaban J connectivity index is 1.69. The maximum atomic E-state index is 11.5. The highest BCUT2D eigenvalue weighted by molar-refractivity contribution is 7.98. The fraction of sp³-hybridized carbons (Fsp3) is 0.333. The molecule has 0 radical (unpaired) electrons. The monoisotopic (exact) mass is 478 g/mol. The molecule has 0 aromatic heterocycles. The van der Waals surface area contributed by atoms with Crippen molar-refractivity contribution < 1.29 is 5.11 Å². The van der Waals surface area contributed by atoms with E-state index in [0.717, 1.165) is 18.2 Å². The van der Waals surface area contributed by atoms with E-state index in [1.165, 1.54) is 50.1 Å². The van der Waals surface area contributed by atoms with Gasteiger partial charge in [-0.15, -0.1) is 11.8 Å². The third-order valence-corrected chi connectivity index (χ3v) is 9.04. The van der Waals surface area contributed by atoms with Gasteiger partial charge in [0.2, 0.25) is 0 Å². The highest BCUT2D eigenvalue weighted by atomic mass is 32.2. The van der Waals surface area contributed by atoms with Crippen LogP contribution in [0, 0.1) is 10.8 Å². The molecule has 4 aromatic carbocycles. The van der Waals surface area contributed by atoms with Crippen molar-refractivity contribution in [1.29, 1.82) is 0 Å². The van der Waals surface area contributed by atoms with E-state index in [1.54, 1.807) is 11.8 Å². The molecular formula is C33H34OS. The van der Waals surface area contributed by atoms with Crippen molar-refractivity contribution >= 4 is 22.5 Å². The van der Waals surface area contributed by atoms with Crippen LogP contribution in [0.4, 0.5) is 0 Å². The second kappa shape index (κ2) is 7.64. The molecule has 2 heteroatoms. The van der Waals surface area contributed by atoms with Gasteiger partial charge in [0.15, 0.2) is 0 Å². The Bertz CT molecular complexity index is 1450. The number of hydrogen-bond acceptors (Lipinski definition) is 2. The lowest BCUT2D eigenvalue weighted by molar-refractivity contribution is 0.0645. The van der Waals surface area contributed by atoms with E-state index in [-0.39, 0.29) is 16.2 Å². The molecule has 1 saturated carbocycles. The second-order valence-corrected chi connectivity index (χ2v) is 13.1. The minimum absolute atomic E-state index is 0.0690. The van der Waals surface area contributed by atoms with Crippen molar-refractivity contribution in [2.24, 2.45) is 10.8 Å². The quantitative estimate of drug-likeness (QED) is 0.290. The van der Waals surface area contributed by atoms with Crippen LogP contribution in [0.2, 0.25) is 0 Å². The predicted molar refractivity (Wildman–Crippen MR) is 150 cm³/mol. The van der Waals surface area contributed by atoms with Gasteiger partial charge < -0.3 is 5.11 Å². The SMILES string of the molecule is CSc1cc2c3c(cc(O)c2cc1-c1ccccc1)C1(CC(C)(C)CC(C)(C)C1)c1ccccc1-3. The summed E-state index contributed by atoms with van der Waals surface area (Å²) in [5, 5.41) is 13.6. The van der Waals surface area contributed by atoms with Crippen molar-refractivity contribution in [2.45, 2.75) is 57.3 Å². The first-order valence-electron chi connectivity index (χ1n) is 12.7. The van der Waals surface area contributed by atoms with Crippen molar-refractivity contribution in [2.75, 3.05) is 6.26 Å². The fourth-order valence-corrected chi connectivity index (χ4v) is 8.50. The van der Waals surface area contributed by atoms with Gasteiger partial charge in [-0.25, -0.2) is 0 Å². The summed E-state index contributed by atoms with van der Waals surface area (Å²) in [5.41, 5.74) is 8.20. The van der Waals surface area contributed by atoms with E-state index in [2.05, 4.69) is 107 Å². The van der Waals surface area contributed by atoms with E-state index in [0.29, 0.717) is 5.75 Å². The highest BCUT2D eigenvalue weighted by Gasteiger charge is 2.53. The third-order valence-electron chi connectivity index (χ3n) is 8.27. The third kappa shape index (κ3) is 3.44. The van der Waals surface area contributed by atoms with Gasteiger partial charge in [-0.3, -0.25) is 0 Å². The van der Waals surface area contributed by atoms with Crippen LogP contribution in [-0.4, -0.2) is 11.4 Å². The molecule has 6 rings (SSSR count). The number of benzene rings is 4. The number of rotatable bonds is 2. The number of fused-ring (bicyclic) bond motifs is 7. The first-order valence-corrected chi connectivity index (χ1v) is 13.9. The van der Waals surface area contributed by atoms with E-state index in [4.69, 9.17) is 0 Å². The van der Waals surface area contributed by atoms with Crippen molar-refractivity contribution in [1.82, 2.24) is 0 Å². The molecule has 178 valence electrons. The number of phenolic OH excluding ortho intramolecular Hbond substituents is 1.